The van der Waals surface area contributed by atoms with Crippen LogP contribution >= 0.6 is 11.3 Å². The van der Waals surface area contributed by atoms with Crippen molar-refractivity contribution in [3.8, 4) is 10.4 Å². The second kappa shape index (κ2) is 17.9. The average molecular weight is 700 g/mol. The number of alkyl carbamates (subject to hydrolysis) is 1. The highest BCUT2D eigenvalue weighted by atomic mass is 32.1. The first-order chi connectivity index (χ1) is 23.0. The Labute approximate surface area is 296 Å². The van der Waals surface area contributed by atoms with E-state index >= 15 is 0 Å². The predicted octanol–water partition coefficient (Wildman–Crippen LogP) is 6.04. The Morgan fingerprint density at radius 3 is 2.20 bits per heavy atom. The van der Waals surface area contributed by atoms with Crippen LogP contribution in [-0.2, 0) is 19.1 Å². The Hall–Kier alpha value is -3.51. The highest BCUT2D eigenvalue weighted by Crippen LogP contribution is 2.29. The minimum atomic E-state index is -0.849. The van der Waals surface area contributed by atoms with Crippen LogP contribution in [0, 0.1) is 12.3 Å². The van der Waals surface area contributed by atoms with E-state index in [1.807, 2.05) is 85.2 Å². The number of carbonyl (C=O) groups is 4. The van der Waals surface area contributed by atoms with Gasteiger partial charge in [-0.3, -0.25) is 14.4 Å². The summed E-state index contributed by atoms with van der Waals surface area (Å²) in [5.41, 5.74) is 3.66. The minimum absolute atomic E-state index is 0.0317. The van der Waals surface area contributed by atoms with Gasteiger partial charge in [0.1, 0.15) is 17.7 Å². The van der Waals surface area contributed by atoms with Crippen LogP contribution in [0.15, 0.2) is 29.8 Å². The summed E-state index contributed by atoms with van der Waals surface area (Å²) in [6, 6.07) is 5.97. The minimum Gasteiger partial charge on any atom is -0.444 e. The number of aliphatic hydroxyl groups is 1. The number of hydrogen-bond acceptors (Lipinski definition) is 8. The maximum absolute atomic E-state index is 13.9. The van der Waals surface area contributed by atoms with Gasteiger partial charge in [-0.1, -0.05) is 70.7 Å². The lowest BCUT2D eigenvalue weighted by atomic mass is 9.85. The van der Waals surface area contributed by atoms with Crippen LogP contribution in [0.3, 0.4) is 0 Å². The van der Waals surface area contributed by atoms with Crippen LogP contribution in [0.4, 0.5) is 4.79 Å². The van der Waals surface area contributed by atoms with Crippen molar-refractivity contribution in [2.45, 2.75) is 137 Å². The van der Waals surface area contributed by atoms with Crippen LogP contribution < -0.4 is 16.0 Å². The van der Waals surface area contributed by atoms with Crippen LogP contribution in [0.2, 0.25) is 0 Å². The Morgan fingerprint density at radius 1 is 0.980 bits per heavy atom. The molecule has 4 atom stereocenters. The van der Waals surface area contributed by atoms with Crippen molar-refractivity contribution in [2.24, 2.45) is 5.41 Å². The van der Waals surface area contributed by atoms with Crippen molar-refractivity contribution in [3.05, 3.63) is 41.0 Å². The van der Waals surface area contributed by atoms with E-state index in [0.29, 0.717) is 19.4 Å². The van der Waals surface area contributed by atoms with E-state index in [4.69, 9.17) is 4.74 Å². The summed E-state index contributed by atoms with van der Waals surface area (Å²) >= 11 is 1.58. The molecular weight excluding hydrogens is 643 g/mol. The van der Waals surface area contributed by atoms with Gasteiger partial charge in [-0.25, -0.2) is 9.78 Å². The number of carbonyl (C=O) groups excluding carboxylic acids is 4. The number of nitrogens with zero attached hydrogens (tertiary/aromatic N) is 2. The number of rotatable bonds is 15. The molecule has 2 aromatic rings. The summed E-state index contributed by atoms with van der Waals surface area (Å²) in [5.74, 6) is -0.907. The van der Waals surface area contributed by atoms with E-state index in [9.17, 15) is 24.3 Å². The van der Waals surface area contributed by atoms with Gasteiger partial charge in [0, 0.05) is 25.9 Å². The van der Waals surface area contributed by atoms with Crippen molar-refractivity contribution in [2.75, 3.05) is 13.1 Å². The number of β-amino-alcohol motifs (C(OH)–C–C–N with tert-alkyl or cyclic N) is 1. The van der Waals surface area contributed by atoms with Crippen molar-refractivity contribution in [1.82, 2.24) is 25.8 Å². The molecule has 0 spiro atoms. The summed E-state index contributed by atoms with van der Waals surface area (Å²) < 4.78 is 5.23. The lowest BCUT2D eigenvalue weighted by Crippen LogP contribution is -2.57. The molecular formula is C37H57N5O6S. The van der Waals surface area contributed by atoms with Gasteiger partial charge < -0.3 is 30.7 Å². The molecule has 1 aromatic carbocycles. The van der Waals surface area contributed by atoms with Gasteiger partial charge in [-0.2, -0.15) is 0 Å². The summed E-state index contributed by atoms with van der Waals surface area (Å²) in [6.07, 6.45) is 4.58. The summed E-state index contributed by atoms with van der Waals surface area (Å²) in [6.45, 7) is 15.6. The molecule has 1 aliphatic heterocycles. The fourth-order valence-electron chi connectivity index (χ4n) is 5.87. The molecule has 11 nitrogen and oxygen atoms in total. The first kappa shape index (κ1) is 39.9. The molecule has 12 heteroatoms. The highest BCUT2D eigenvalue weighted by Gasteiger charge is 2.44. The molecule has 49 heavy (non-hydrogen) atoms. The fraction of sp³-hybridized carbons (Fsp3) is 0.649. The largest absolute Gasteiger partial charge is 0.444 e. The number of aromatic nitrogens is 1. The second-order valence-electron chi connectivity index (χ2n) is 15.2. The van der Waals surface area contributed by atoms with Crippen molar-refractivity contribution in [3.63, 3.8) is 0 Å². The maximum Gasteiger partial charge on any atom is 0.407 e. The third-order valence-electron chi connectivity index (χ3n) is 8.56. The molecule has 1 aliphatic rings. The molecule has 2 heterocycles. The van der Waals surface area contributed by atoms with E-state index < -0.39 is 35.3 Å². The maximum atomic E-state index is 13.9. The predicted molar refractivity (Wildman–Crippen MR) is 193 cm³/mol. The molecule has 272 valence electrons. The summed E-state index contributed by atoms with van der Waals surface area (Å²) in [7, 11) is 0. The van der Waals surface area contributed by atoms with E-state index in [1.165, 1.54) is 4.90 Å². The summed E-state index contributed by atoms with van der Waals surface area (Å²) in [5, 5.41) is 19.3. The van der Waals surface area contributed by atoms with Gasteiger partial charge in [0.25, 0.3) is 0 Å². The molecule has 4 N–H and O–H groups in total. The van der Waals surface area contributed by atoms with E-state index in [1.54, 1.807) is 11.3 Å². The average Bonchev–Trinajstić information content (AvgIpc) is 3.62. The van der Waals surface area contributed by atoms with E-state index in [0.717, 1.165) is 53.8 Å². The van der Waals surface area contributed by atoms with Crippen LogP contribution in [0.25, 0.3) is 10.4 Å². The molecule has 1 fully saturated rings. The molecule has 0 bridgehead atoms. The lowest BCUT2D eigenvalue weighted by molar-refractivity contribution is -0.144. The Morgan fingerprint density at radius 2 is 1.61 bits per heavy atom. The number of likely N-dealkylation sites (tertiary alicyclic amines) is 1. The first-order valence-corrected chi connectivity index (χ1v) is 18.4. The van der Waals surface area contributed by atoms with Crippen LogP contribution in [-0.4, -0.2) is 75.7 Å². The molecule has 0 aliphatic carbocycles. The SMILES string of the molecule is Cc1ncsc1-c1ccc([C@H](C)NC(=O)[C@@H]2C[C@@H](O)CN2C(=O)[C@@H](NC(=O)CCCCCCCCNC(=O)OC(C)(C)C)C(C)(C)C)cc1. The number of amides is 4. The number of unbranched alkanes of at least 4 members (excludes halogenated alkanes) is 5. The molecule has 0 radical (unpaired) electrons. The standard InChI is InChI=1S/C37H57N5O6S/c1-24(26-16-18-27(19-17-26)31-25(2)39-23-49-31)40-33(45)29-21-28(43)22-42(29)34(46)32(36(3,4)5)41-30(44)15-13-11-9-10-12-14-20-38-35(47)48-37(6,7)8/h16-19,23-24,28-29,32,43H,9-15,20-22H2,1-8H3,(H,38,47)(H,40,45)(H,41,44)/t24-,28+,29-,32+/m0/s1. The number of ether oxygens (including phenoxy) is 1. The highest BCUT2D eigenvalue weighted by molar-refractivity contribution is 7.13. The van der Waals surface area contributed by atoms with E-state index in [2.05, 4.69) is 20.9 Å². The molecule has 1 saturated heterocycles. The number of aliphatic hydroxyl groups excluding tert-OH is 1. The zero-order valence-electron chi connectivity index (χ0n) is 30.6. The Kier molecular flexibility index (Phi) is 14.6. The zero-order chi connectivity index (χ0) is 36.4. The second-order valence-corrected chi connectivity index (χ2v) is 16.0. The van der Waals surface area contributed by atoms with Gasteiger partial charge in [0.05, 0.1) is 28.2 Å². The van der Waals surface area contributed by atoms with Crippen LogP contribution in [0.1, 0.15) is 117 Å². The van der Waals surface area contributed by atoms with Gasteiger partial charge >= 0.3 is 6.09 Å². The van der Waals surface area contributed by atoms with Crippen molar-refractivity contribution < 1.29 is 29.0 Å². The normalized spacial score (nSPS) is 17.7. The van der Waals surface area contributed by atoms with Gasteiger partial charge in [0.15, 0.2) is 0 Å². The van der Waals surface area contributed by atoms with Gasteiger partial charge in [0.2, 0.25) is 17.7 Å². The van der Waals surface area contributed by atoms with Crippen molar-refractivity contribution in [1.29, 1.82) is 0 Å². The van der Waals surface area contributed by atoms with Gasteiger partial charge in [-0.15, -0.1) is 11.3 Å². The molecule has 3 rings (SSSR count). The van der Waals surface area contributed by atoms with Crippen molar-refractivity contribution >= 4 is 35.2 Å². The summed E-state index contributed by atoms with van der Waals surface area (Å²) in [4.78, 5) is 59.0. The molecule has 1 aromatic heterocycles. The quantitative estimate of drug-likeness (QED) is 0.166. The lowest BCUT2D eigenvalue weighted by Gasteiger charge is -2.35. The third-order valence-corrected chi connectivity index (χ3v) is 9.54. The number of thiazole rings is 1. The zero-order valence-corrected chi connectivity index (χ0v) is 31.4. The number of aryl methyl sites for hydroxylation is 1. The Bertz CT molecular complexity index is 1400. The molecule has 0 unspecified atom stereocenters. The molecule has 0 saturated carbocycles. The van der Waals surface area contributed by atoms with Crippen LogP contribution in [0.5, 0.6) is 0 Å². The third kappa shape index (κ3) is 12.7. The fourth-order valence-corrected chi connectivity index (χ4v) is 6.68. The smallest absolute Gasteiger partial charge is 0.407 e. The topological polar surface area (TPSA) is 150 Å². The molecule has 4 amide bonds. The van der Waals surface area contributed by atoms with Gasteiger partial charge in [-0.05, 0) is 64.0 Å². The number of hydrogen-bond donors (Lipinski definition) is 4. The number of nitrogens with one attached hydrogen (secondary N) is 3. The number of benzene rings is 1. The Balaban J connectivity index is 1.47. The first-order valence-electron chi connectivity index (χ1n) is 17.5. The van der Waals surface area contributed by atoms with E-state index in [-0.39, 0.29) is 36.7 Å². The monoisotopic (exact) mass is 699 g/mol.